The normalized spacial score (nSPS) is 9.92. The van der Waals surface area contributed by atoms with Gasteiger partial charge in [-0.15, -0.1) is 0 Å². The van der Waals surface area contributed by atoms with Gasteiger partial charge in [-0.1, -0.05) is 0 Å². The van der Waals surface area contributed by atoms with Gasteiger partial charge in [0.2, 0.25) is 0 Å². The second kappa shape index (κ2) is 8.57. The largest absolute Gasteiger partial charge is 0.497 e. The van der Waals surface area contributed by atoms with E-state index in [1.165, 1.54) is 7.11 Å². The van der Waals surface area contributed by atoms with Crippen LogP contribution in [0.2, 0.25) is 0 Å². The van der Waals surface area contributed by atoms with E-state index in [9.17, 15) is 9.59 Å². The van der Waals surface area contributed by atoms with Crippen LogP contribution in [-0.4, -0.2) is 32.6 Å². The van der Waals surface area contributed by atoms with Gasteiger partial charge in [0.15, 0.2) is 0 Å². The molecule has 1 N–H and O–H groups in total. The summed E-state index contributed by atoms with van der Waals surface area (Å²) in [5.74, 6) is 1.42. The third-order valence-electron chi connectivity index (χ3n) is 3.25. The van der Waals surface area contributed by atoms with E-state index in [4.69, 9.17) is 9.47 Å². The number of rotatable bonds is 7. The molecule has 6 heteroatoms. The molecule has 2 rings (SSSR count). The highest BCUT2D eigenvalue weighted by Gasteiger charge is 2.07. The molecule has 6 nitrogen and oxygen atoms in total. The van der Waals surface area contributed by atoms with Crippen LogP contribution in [0.25, 0.3) is 0 Å². The van der Waals surface area contributed by atoms with Crippen molar-refractivity contribution in [2.75, 3.05) is 20.8 Å². The van der Waals surface area contributed by atoms with Gasteiger partial charge in [0.05, 0.1) is 20.6 Å². The van der Waals surface area contributed by atoms with Crippen LogP contribution in [0.5, 0.6) is 17.2 Å². The Balaban J connectivity index is 1.89. The molecule has 126 valence electrons. The monoisotopic (exact) mass is 329 g/mol. The number of carbonyl (C=O) groups excluding carboxylic acids is 2. The van der Waals surface area contributed by atoms with Crippen molar-refractivity contribution in [3.63, 3.8) is 0 Å². The van der Waals surface area contributed by atoms with Crippen molar-refractivity contribution in [2.24, 2.45) is 0 Å². The van der Waals surface area contributed by atoms with Gasteiger partial charge in [-0.25, -0.2) is 0 Å². The number of nitrogens with one attached hydrogen (secondary N) is 1. The molecule has 0 aromatic heterocycles. The summed E-state index contributed by atoms with van der Waals surface area (Å²) in [6.45, 7) is 0.232. The van der Waals surface area contributed by atoms with Gasteiger partial charge in [-0.3, -0.25) is 9.59 Å². The number of benzene rings is 2. The molecule has 0 saturated carbocycles. The summed E-state index contributed by atoms with van der Waals surface area (Å²) in [4.78, 5) is 22.9. The van der Waals surface area contributed by atoms with Gasteiger partial charge in [-0.05, 0) is 48.5 Å². The molecule has 0 aliphatic heterocycles. The fraction of sp³-hybridized carbons (Fsp3) is 0.222. The first kappa shape index (κ1) is 17.3. The maximum absolute atomic E-state index is 11.9. The minimum atomic E-state index is -0.362. The molecule has 0 saturated heterocycles. The lowest BCUT2D eigenvalue weighted by atomic mass is 10.2. The highest BCUT2D eigenvalue weighted by Crippen LogP contribution is 2.23. The average molecular weight is 329 g/mol. The summed E-state index contributed by atoms with van der Waals surface area (Å²) in [5.41, 5.74) is 0.488. The Morgan fingerprint density at radius 3 is 1.96 bits per heavy atom. The molecule has 0 bridgehead atoms. The second-order valence-electron chi connectivity index (χ2n) is 4.88. The zero-order chi connectivity index (χ0) is 17.4. The predicted molar refractivity (Wildman–Crippen MR) is 88.5 cm³/mol. The molecule has 0 aliphatic carbocycles. The Hall–Kier alpha value is -3.02. The SMILES string of the molecule is COC(=O)CCNC(=O)c1ccc(Oc2ccc(OC)cc2)cc1. The Morgan fingerprint density at radius 1 is 0.875 bits per heavy atom. The van der Waals surface area contributed by atoms with Crippen LogP contribution in [0, 0.1) is 0 Å². The quantitative estimate of drug-likeness (QED) is 0.791. The minimum absolute atomic E-state index is 0.140. The maximum Gasteiger partial charge on any atom is 0.307 e. The first-order valence-electron chi connectivity index (χ1n) is 7.39. The number of hydrogen-bond donors (Lipinski definition) is 1. The molecule has 0 spiro atoms. The van der Waals surface area contributed by atoms with Gasteiger partial charge in [0.1, 0.15) is 17.2 Å². The Kier molecular flexibility index (Phi) is 6.19. The van der Waals surface area contributed by atoms with Gasteiger partial charge in [0.25, 0.3) is 5.91 Å². The van der Waals surface area contributed by atoms with E-state index in [1.54, 1.807) is 55.6 Å². The predicted octanol–water partition coefficient (Wildman–Crippen LogP) is 2.78. The smallest absolute Gasteiger partial charge is 0.307 e. The maximum atomic E-state index is 11.9. The molecule has 2 aromatic rings. The number of amides is 1. The summed E-state index contributed by atoms with van der Waals surface area (Å²) in [5, 5.41) is 2.65. The Labute approximate surface area is 140 Å². The molecular formula is C18H19NO5. The van der Waals surface area contributed by atoms with Crippen LogP contribution < -0.4 is 14.8 Å². The summed E-state index contributed by atoms with van der Waals surface area (Å²) < 4.78 is 15.3. The van der Waals surface area contributed by atoms with Crippen molar-refractivity contribution in [3.05, 3.63) is 54.1 Å². The van der Waals surface area contributed by atoms with Crippen molar-refractivity contribution >= 4 is 11.9 Å². The highest BCUT2D eigenvalue weighted by molar-refractivity contribution is 5.94. The van der Waals surface area contributed by atoms with E-state index in [0.717, 1.165) is 5.75 Å². The van der Waals surface area contributed by atoms with Gasteiger partial charge in [-0.2, -0.15) is 0 Å². The summed E-state index contributed by atoms with van der Waals surface area (Å²) in [7, 11) is 2.91. The summed E-state index contributed by atoms with van der Waals surface area (Å²) in [6, 6.07) is 13.9. The fourth-order valence-electron chi connectivity index (χ4n) is 1.94. The Morgan fingerprint density at radius 2 is 1.42 bits per heavy atom. The van der Waals surface area contributed by atoms with Crippen LogP contribution in [0.15, 0.2) is 48.5 Å². The molecule has 1 amide bonds. The van der Waals surface area contributed by atoms with E-state index in [1.807, 2.05) is 0 Å². The fourth-order valence-corrected chi connectivity index (χ4v) is 1.94. The van der Waals surface area contributed by atoms with Gasteiger partial charge >= 0.3 is 5.97 Å². The van der Waals surface area contributed by atoms with E-state index in [-0.39, 0.29) is 24.8 Å². The van der Waals surface area contributed by atoms with E-state index < -0.39 is 0 Å². The number of ether oxygens (including phenoxy) is 3. The molecule has 0 radical (unpaired) electrons. The highest BCUT2D eigenvalue weighted by atomic mass is 16.5. The number of esters is 1. The standard InChI is InChI=1S/C18H19NO5/c1-22-14-7-9-16(10-8-14)24-15-5-3-13(4-6-15)18(21)19-12-11-17(20)23-2/h3-10H,11-12H2,1-2H3,(H,19,21). The van der Waals surface area contributed by atoms with Crippen molar-refractivity contribution in [1.29, 1.82) is 0 Å². The zero-order valence-corrected chi connectivity index (χ0v) is 13.6. The number of hydrogen-bond acceptors (Lipinski definition) is 5. The van der Waals surface area contributed by atoms with E-state index in [2.05, 4.69) is 10.1 Å². The lowest BCUT2D eigenvalue weighted by Crippen LogP contribution is -2.26. The van der Waals surface area contributed by atoms with Crippen molar-refractivity contribution in [2.45, 2.75) is 6.42 Å². The van der Waals surface area contributed by atoms with Crippen molar-refractivity contribution < 1.29 is 23.8 Å². The molecule has 0 fully saturated rings. The van der Waals surface area contributed by atoms with Gasteiger partial charge in [0, 0.05) is 12.1 Å². The molecule has 0 atom stereocenters. The molecule has 0 heterocycles. The Bertz CT molecular complexity index is 680. The number of carbonyl (C=O) groups is 2. The van der Waals surface area contributed by atoms with E-state index >= 15 is 0 Å². The molecule has 2 aromatic carbocycles. The minimum Gasteiger partial charge on any atom is -0.497 e. The van der Waals surface area contributed by atoms with Crippen LogP contribution in [0.1, 0.15) is 16.8 Å². The third-order valence-corrected chi connectivity index (χ3v) is 3.25. The van der Waals surface area contributed by atoms with E-state index in [0.29, 0.717) is 17.1 Å². The topological polar surface area (TPSA) is 73.9 Å². The molecule has 24 heavy (non-hydrogen) atoms. The lowest BCUT2D eigenvalue weighted by Gasteiger charge is -2.08. The van der Waals surface area contributed by atoms with Crippen LogP contribution in [0.3, 0.4) is 0 Å². The number of methoxy groups -OCH3 is 2. The first-order chi connectivity index (χ1) is 11.6. The molecule has 0 aliphatic rings. The average Bonchev–Trinajstić information content (AvgIpc) is 2.62. The summed E-state index contributed by atoms with van der Waals surface area (Å²) in [6.07, 6.45) is 0.140. The second-order valence-corrected chi connectivity index (χ2v) is 4.88. The summed E-state index contributed by atoms with van der Waals surface area (Å²) >= 11 is 0. The molecular weight excluding hydrogens is 310 g/mol. The van der Waals surface area contributed by atoms with Crippen LogP contribution in [-0.2, 0) is 9.53 Å². The van der Waals surface area contributed by atoms with Crippen LogP contribution in [0.4, 0.5) is 0 Å². The lowest BCUT2D eigenvalue weighted by molar-refractivity contribution is -0.140. The zero-order valence-electron chi connectivity index (χ0n) is 13.6. The van der Waals surface area contributed by atoms with Crippen molar-refractivity contribution in [1.82, 2.24) is 5.32 Å². The third kappa shape index (κ3) is 5.01. The van der Waals surface area contributed by atoms with Crippen molar-refractivity contribution in [3.8, 4) is 17.2 Å². The molecule has 0 unspecified atom stereocenters. The van der Waals surface area contributed by atoms with Crippen LogP contribution >= 0.6 is 0 Å². The van der Waals surface area contributed by atoms with Gasteiger partial charge < -0.3 is 19.5 Å². The first-order valence-corrected chi connectivity index (χ1v) is 7.39.